The largest absolute Gasteiger partial charge is 0.385 e. The Labute approximate surface area is 112 Å². The normalized spacial score (nSPS) is 19.4. The number of anilines is 1. The van der Waals surface area contributed by atoms with Crippen LogP contribution >= 0.6 is 0 Å². The highest BCUT2D eigenvalue weighted by molar-refractivity contribution is 5.54. The molecule has 1 aromatic heterocycles. The number of aliphatic hydroxyl groups excluding tert-OH is 1. The molecule has 4 nitrogen and oxygen atoms in total. The van der Waals surface area contributed by atoms with Crippen LogP contribution in [-0.4, -0.2) is 21.1 Å². The van der Waals surface area contributed by atoms with Gasteiger partial charge in [-0.3, -0.25) is 0 Å². The molecule has 98 valence electrons. The number of rotatable bonds is 2. The van der Waals surface area contributed by atoms with Crippen LogP contribution in [0.5, 0.6) is 0 Å². The molecule has 0 amide bonds. The molecular formula is C15H17N3O. The Bertz CT molecular complexity index is 585. The zero-order valence-corrected chi connectivity index (χ0v) is 10.9. The minimum atomic E-state index is -0.602. The second kappa shape index (κ2) is 4.97. The quantitative estimate of drug-likeness (QED) is 0.864. The number of aromatic nitrogens is 2. The predicted octanol–water partition coefficient (Wildman–Crippen LogP) is 2.25. The fraction of sp³-hybridized carbons (Fsp3) is 0.333. The molecule has 2 unspecified atom stereocenters. The SMILES string of the molecule is Cc1nccc(C(O)C2CCc3ccccc3N2)n1. The van der Waals surface area contributed by atoms with E-state index >= 15 is 0 Å². The summed E-state index contributed by atoms with van der Waals surface area (Å²) < 4.78 is 0. The van der Waals surface area contributed by atoms with Gasteiger partial charge in [-0.2, -0.15) is 0 Å². The van der Waals surface area contributed by atoms with Gasteiger partial charge in [0.05, 0.1) is 11.7 Å². The molecule has 0 saturated heterocycles. The molecule has 2 atom stereocenters. The highest BCUT2D eigenvalue weighted by Gasteiger charge is 2.26. The first-order valence-electron chi connectivity index (χ1n) is 6.56. The Morgan fingerprint density at radius 2 is 2.16 bits per heavy atom. The van der Waals surface area contributed by atoms with Crippen molar-refractivity contribution in [3.63, 3.8) is 0 Å². The summed E-state index contributed by atoms with van der Waals surface area (Å²) in [6, 6.07) is 10.0. The standard InChI is InChI=1S/C15H17N3O/c1-10-16-9-8-14(17-10)15(19)13-7-6-11-4-2-3-5-12(11)18-13/h2-5,8-9,13,15,18-19H,6-7H2,1H3. The van der Waals surface area contributed by atoms with Crippen LogP contribution in [0.1, 0.15) is 29.6 Å². The molecule has 0 spiro atoms. The average Bonchev–Trinajstić information content (AvgIpc) is 2.46. The lowest BCUT2D eigenvalue weighted by Crippen LogP contribution is -2.32. The van der Waals surface area contributed by atoms with Gasteiger partial charge in [0.25, 0.3) is 0 Å². The zero-order chi connectivity index (χ0) is 13.2. The fourth-order valence-electron chi connectivity index (χ4n) is 2.54. The number of aryl methyl sites for hydroxylation is 2. The van der Waals surface area contributed by atoms with Gasteiger partial charge >= 0.3 is 0 Å². The molecule has 2 heterocycles. The number of fused-ring (bicyclic) bond motifs is 1. The fourth-order valence-corrected chi connectivity index (χ4v) is 2.54. The summed E-state index contributed by atoms with van der Waals surface area (Å²) in [7, 11) is 0. The maximum Gasteiger partial charge on any atom is 0.125 e. The molecule has 0 fully saturated rings. The van der Waals surface area contributed by atoms with Gasteiger partial charge in [-0.1, -0.05) is 18.2 Å². The summed E-state index contributed by atoms with van der Waals surface area (Å²) in [5.41, 5.74) is 3.11. The van der Waals surface area contributed by atoms with Gasteiger partial charge in [0.15, 0.2) is 0 Å². The molecule has 0 saturated carbocycles. The van der Waals surface area contributed by atoms with Crippen molar-refractivity contribution in [2.45, 2.75) is 31.9 Å². The van der Waals surface area contributed by atoms with E-state index in [0.29, 0.717) is 11.5 Å². The van der Waals surface area contributed by atoms with Crippen molar-refractivity contribution in [2.24, 2.45) is 0 Å². The Morgan fingerprint density at radius 1 is 1.32 bits per heavy atom. The number of nitrogens with zero attached hydrogens (tertiary/aromatic N) is 2. The molecule has 1 aliphatic rings. The molecule has 3 rings (SSSR count). The van der Waals surface area contributed by atoms with Crippen LogP contribution in [0.4, 0.5) is 5.69 Å². The lowest BCUT2D eigenvalue weighted by molar-refractivity contribution is 0.144. The molecule has 4 heteroatoms. The van der Waals surface area contributed by atoms with Crippen LogP contribution in [0, 0.1) is 6.92 Å². The third kappa shape index (κ3) is 2.44. The number of para-hydroxylation sites is 1. The summed E-state index contributed by atoms with van der Waals surface area (Å²) in [4.78, 5) is 8.36. The van der Waals surface area contributed by atoms with E-state index in [2.05, 4.69) is 27.4 Å². The molecular weight excluding hydrogens is 238 g/mol. The number of hydrogen-bond donors (Lipinski definition) is 2. The Hall–Kier alpha value is -1.94. The van der Waals surface area contributed by atoms with E-state index in [1.165, 1.54) is 5.56 Å². The molecule has 2 aromatic rings. The average molecular weight is 255 g/mol. The number of hydrogen-bond acceptors (Lipinski definition) is 4. The van der Waals surface area contributed by atoms with E-state index in [1.807, 2.05) is 19.1 Å². The van der Waals surface area contributed by atoms with Crippen molar-refractivity contribution >= 4 is 5.69 Å². The van der Waals surface area contributed by atoms with Gasteiger partial charge < -0.3 is 10.4 Å². The van der Waals surface area contributed by atoms with Crippen LogP contribution in [-0.2, 0) is 6.42 Å². The van der Waals surface area contributed by atoms with E-state index in [1.54, 1.807) is 12.3 Å². The maximum atomic E-state index is 10.4. The van der Waals surface area contributed by atoms with Gasteiger partial charge in [-0.05, 0) is 37.5 Å². The zero-order valence-electron chi connectivity index (χ0n) is 10.9. The van der Waals surface area contributed by atoms with Crippen molar-refractivity contribution in [2.75, 3.05) is 5.32 Å². The smallest absolute Gasteiger partial charge is 0.125 e. The minimum absolute atomic E-state index is 0.00389. The first-order chi connectivity index (χ1) is 9.24. The van der Waals surface area contributed by atoms with Crippen molar-refractivity contribution < 1.29 is 5.11 Å². The maximum absolute atomic E-state index is 10.4. The summed E-state index contributed by atoms with van der Waals surface area (Å²) in [6.07, 6.45) is 2.98. The molecule has 1 aromatic carbocycles. The number of aliphatic hydroxyl groups is 1. The van der Waals surface area contributed by atoms with Crippen LogP contribution in [0.25, 0.3) is 0 Å². The van der Waals surface area contributed by atoms with E-state index in [9.17, 15) is 5.11 Å². The molecule has 0 radical (unpaired) electrons. The first kappa shape index (κ1) is 12.1. The van der Waals surface area contributed by atoms with Gasteiger partial charge in [-0.25, -0.2) is 9.97 Å². The molecule has 1 aliphatic heterocycles. The second-order valence-corrected chi connectivity index (χ2v) is 4.92. The molecule has 2 N–H and O–H groups in total. The third-order valence-corrected chi connectivity index (χ3v) is 3.56. The van der Waals surface area contributed by atoms with E-state index in [-0.39, 0.29) is 6.04 Å². The first-order valence-corrected chi connectivity index (χ1v) is 6.56. The Balaban J connectivity index is 1.81. The van der Waals surface area contributed by atoms with Crippen molar-refractivity contribution in [1.82, 2.24) is 9.97 Å². The lowest BCUT2D eigenvalue weighted by atomic mass is 9.93. The van der Waals surface area contributed by atoms with Gasteiger partial charge in [0, 0.05) is 11.9 Å². The Morgan fingerprint density at radius 3 is 3.00 bits per heavy atom. The van der Waals surface area contributed by atoms with Crippen LogP contribution in [0.3, 0.4) is 0 Å². The topological polar surface area (TPSA) is 58.0 Å². The monoisotopic (exact) mass is 255 g/mol. The summed E-state index contributed by atoms with van der Waals surface area (Å²) >= 11 is 0. The highest BCUT2D eigenvalue weighted by atomic mass is 16.3. The van der Waals surface area contributed by atoms with Crippen LogP contribution in [0.2, 0.25) is 0 Å². The van der Waals surface area contributed by atoms with Gasteiger partial charge in [0.2, 0.25) is 0 Å². The van der Waals surface area contributed by atoms with Gasteiger partial charge in [-0.15, -0.1) is 0 Å². The number of benzene rings is 1. The lowest BCUT2D eigenvalue weighted by Gasteiger charge is -2.30. The van der Waals surface area contributed by atoms with Crippen molar-refractivity contribution in [3.05, 3.63) is 53.6 Å². The summed E-state index contributed by atoms with van der Waals surface area (Å²) in [6.45, 7) is 1.83. The molecule has 0 bridgehead atoms. The summed E-state index contributed by atoms with van der Waals surface area (Å²) in [5.74, 6) is 0.688. The highest BCUT2D eigenvalue weighted by Crippen LogP contribution is 2.29. The second-order valence-electron chi connectivity index (χ2n) is 4.92. The van der Waals surface area contributed by atoms with Gasteiger partial charge in [0.1, 0.15) is 11.9 Å². The number of nitrogens with one attached hydrogen (secondary N) is 1. The van der Waals surface area contributed by atoms with Crippen LogP contribution < -0.4 is 5.32 Å². The minimum Gasteiger partial charge on any atom is -0.385 e. The molecule has 0 aliphatic carbocycles. The van der Waals surface area contributed by atoms with E-state index < -0.39 is 6.10 Å². The summed E-state index contributed by atoms with van der Waals surface area (Å²) in [5, 5.41) is 13.8. The molecule has 19 heavy (non-hydrogen) atoms. The Kier molecular flexibility index (Phi) is 3.17. The third-order valence-electron chi connectivity index (χ3n) is 3.56. The van der Waals surface area contributed by atoms with E-state index in [0.717, 1.165) is 18.5 Å². The predicted molar refractivity (Wildman–Crippen MR) is 73.9 cm³/mol. The van der Waals surface area contributed by atoms with Crippen molar-refractivity contribution in [1.29, 1.82) is 0 Å². The van der Waals surface area contributed by atoms with Crippen LogP contribution in [0.15, 0.2) is 36.5 Å². The van der Waals surface area contributed by atoms with Crippen molar-refractivity contribution in [3.8, 4) is 0 Å². The van der Waals surface area contributed by atoms with E-state index in [4.69, 9.17) is 0 Å².